The summed E-state index contributed by atoms with van der Waals surface area (Å²) in [6, 6.07) is 1.94. The van der Waals surface area contributed by atoms with Crippen molar-refractivity contribution in [2.45, 2.75) is 6.54 Å². The number of aromatic nitrogens is 3. The van der Waals surface area contributed by atoms with E-state index in [9.17, 15) is 14.5 Å². The first-order valence-electron chi connectivity index (χ1n) is 5.19. The molecule has 0 radical (unpaired) electrons. The zero-order chi connectivity index (χ0) is 14.0. The number of halogens is 2. The van der Waals surface area contributed by atoms with E-state index in [4.69, 9.17) is 11.6 Å². The summed E-state index contributed by atoms with van der Waals surface area (Å²) in [6.07, 6.45) is 1.50. The average Bonchev–Trinajstić information content (AvgIpc) is 2.76. The summed E-state index contributed by atoms with van der Waals surface area (Å²) in [5.74, 6) is -0.382. The van der Waals surface area contributed by atoms with Crippen LogP contribution in [0.25, 0.3) is 0 Å². The van der Waals surface area contributed by atoms with E-state index < -0.39 is 16.4 Å². The Morgan fingerprint density at radius 2 is 2.32 bits per heavy atom. The standard InChI is InChI=1S/C10H9ClFN5O2/c1-16-5-14-10(15-16)4-13-8-2-6(11)7(12)3-9(8)17(18)19/h2-3,5,13H,4H2,1H3. The lowest BCUT2D eigenvalue weighted by Gasteiger charge is -2.06. The van der Waals surface area contributed by atoms with Gasteiger partial charge in [0, 0.05) is 7.05 Å². The number of hydrogen-bond acceptors (Lipinski definition) is 5. The number of aryl methyl sites for hydroxylation is 1. The molecular weight excluding hydrogens is 277 g/mol. The van der Waals surface area contributed by atoms with E-state index in [2.05, 4.69) is 15.4 Å². The molecule has 0 spiro atoms. The number of hydrogen-bond donors (Lipinski definition) is 1. The Bertz CT molecular complexity index is 630. The first kappa shape index (κ1) is 13.2. The molecule has 0 unspecified atom stereocenters. The molecule has 0 bridgehead atoms. The zero-order valence-corrected chi connectivity index (χ0v) is 10.6. The van der Waals surface area contributed by atoms with Crippen LogP contribution >= 0.6 is 11.6 Å². The maximum Gasteiger partial charge on any atom is 0.295 e. The molecule has 1 aromatic carbocycles. The van der Waals surface area contributed by atoms with Crippen LogP contribution in [0.4, 0.5) is 15.8 Å². The Labute approximate surface area is 112 Å². The van der Waals surface area contributed by atoms with Crippen molar-refractivity contribution in [3.63, 3.8) is 0 Å². The van der Waals surface area contributed by atoms with Gasteiger partial charge in [-0.25, -0.2) is 9.37 Å². The lowest BCUT2D eigenvalue weighted by atomic mass is 10.2. The van der Waals surface area contributed by atoms with Gasteiger partial charge in [-0.2, -0.15) is 5.10 Å². The maximum atomic E-state index is 13.2. The van der Waals surface area contributed by atoms with Crippen molar-refractivity contribution in [3.05, 3.63) is 45.2 Å². The number of benzene rings is 1. The normalized spacial score (nSPS) is 10.5. The van der Waals surface area contributed by atoms with Crippen LogP contribution in [0.5, 0.6) is 0 Å². The highest BCUT2D eigenvalue weighted by Gasteiger charge is 2.18. The summed E-state index contributed by atoms with van der Waals surface area (Å²) in [7, 11) is 1.70. The molecule has 2 rings (SSSR count). The summed E-state index contributed by atoms with van der Waals surface area (Å²) in [5, 5.41) is 17.4. The summed E-state index contributed by atoms with van der Waals surface area (Å²) in [4.78, 5) is 14.1. The van der Waals surface area contributed by atoms with Crippen LogP contribution in [0, 0.1) is 15.9 Å². The van der Waals surface area contributed by atoms with Crippen molar-refractivity contribution in [2.24, 2.45) is 7.05 Å². The third-order valence-corrected chi connectivity index (χ3v) is 2.61. The minimum absolute atomic E-state index is 0.115. The molecule has 2 aromatic rings. The Kier molecular flexibility index (Phi) is 3.61. The minimum atomic E-state index is -0.838. The summed E-state index contributed by atoms with van der Waals surface area (Å²) >= 11 is 5.60. The van der Waals surface area contributed by atoms with Crippen LogP contribution in [-0.2, 0) is 13.6 Å². The lowest BCUT2D eigenvalue weighted by Crippen LogP contribution is -2.05. The molecule has 9 heteroatoms. The maximum absolute atomic E-state index is 13.2. The molecule has 0 saturated heterocycles. The van der Waals surface area contributed by atoms with Crippen molar-refractivity contribution in [1.82, 2.24) is 14.8 Å². The topological polar surface area (TPSA) is 85.9 Å². The largest absolute Gasteiger partial charge is 0.372 e. The predicted octanol–water partition coefficient (Wildman–Crippen LogP) is 2.13. The number of nitrogens with one attached hydrogen (secondary N) is 1. The minimum Gasteiger partial charge on any atom is -0.372 e. The van der Waals surface area contributed by atoms with Crippen molar-refractivity contribution in [3.8, 4) is 0 Å². The van der Waals surface area contributed by atoms with E-state index in [-0.39, 0.29) is 17.3 Å². The molecule has 1 heterocycles. The Balaban J connectivity index is 2.23. The van der Waals surface area contributed by atoms with Crippen LogP contribution in [0.1, 0.15) is 5.82 Å². The van der Waals surface area contributed by atoms with E-state index in [1.54, 1.807) is 7.05 Å². The molecule has 1 aromatic heterocycles. The van der Waals surface area contributed by atoms with Crippen LogP contribution in [0.15, 0.2) is 18.5 Å². The average molecular weight is 286 g/mol. The highest BCUT2D eigenvalue weighted by atomic mass is 35.5. The van der Waals surface area contributed by atoms with Gasteiger partial charge in [-0.15, -0.1) is 0 Å². The summed E-state index contributed by atoms with van der Waals surface area (Å²) in [6.45, 7) is 0.170. The summed E-state index contributed by atoms with van der Waals surface area (Å²) < 4.78 is 14.7. The Morgan fingerprint density at radius 1 is 1.58 bits per heavy atom. The van der Waals surface area contributed by atoms with Gasteiger partial charge in [0.05, 0.1) is 22.6 Å². The van der Waals surface area contributed by atoms with Gasteiger partial charge in [0.1, 0.15) is 17.8 Å². The van der Waals surface area contributed by atoms with E-state index in [0.29, 0.717) is 5.82 Å². The molecule has 100 valence electrons. The molecule has 0 fully saturated rings. The number of nitro benzene ring substituents is 1. The number of rotatable bonds is 4. The molecule has 0 aliphatic carbocycles. The van der Waals surface area contributed by atoms with Gasteiger partial charge < -0.3 is 5.32 Å². The van der Waals surface area contributed by atoms with Gasteiger partial charge in [0.15, 0.2) is 5.82 Å². The van der Waals surface area contributed by atoms with Crippen molar-refractivity contribution in [1.29, 1.82) is 0 Å². The van der Waals surface area contributed by atoms with Gasteiger partial charge >= 0.3 is 0 Å². The lowest BCUT2D eigenvalue weighted by molar-refractivity contribution is -0.384. The van der Waals surface area contributed by atoms with Gasteiger partial charge in [-0.05, 0) is 6.07 Å². The second-order valence-electron chi connectivity index (χ2n) is 3.73. The molecular formula is C10H9ClFN5O2. The first-order chi connectivity index (χ1) is 8.97. The molecule has 1 N–H and O–H groups in total. The van der Waals surface area contributed by atoms with Crippen LogP contribution in [0.2, 0.25) is 5.02 Å². The molecule has 0 aliphatic heterocycles. The highest BCUT2D eigenvalue weighted by Crippen LogP contribution is 2.30. The molecule has 7 nitrogen and oxygen atoms in total. The quantitative estimate of drug-likeness (QED) is 0.687. The van der Waals surface area contributed by atoms with Crippen molar-refractivity contribution < 1.29 is 9.31 Å². The fourth-order valence-corrected chi connectivity index (χ4v) is 1.63. The Morgan fingerprint density at radius 3 is 2.89 bits per heavy atom. The second kappa shape index (κ2) is 5.19. The number of nitro groups is 1. The third-order valence-electron chi connectivity index (χ3n) is 2.32. The number of anilines is 1. The second-order valence-corrected chi connectivity index (χ2v) is 4.14. The van der Waals surface area contributed by atoms with Gasteiger partial charge in [0.25, 0.3) is 5.69 Å². The Hall–Kier alpha value is -2.22. The predicted molar refractivity (Wildman–Crippen MR) is 66.4 cm³/mol. The van der Waals surface area contributed by atoms with E-state index >= 15 is 0 Å². The molecule has 0 atom stereocenters. The van der Waals surface area contributed by atoms with E-state index in [0.717, 1.165) is 12.1 Å². The van der Waals surface area contributed by atoms with Crippen LogP contribution < -0.4 is 5.32 Å². The SMILES string of the molecule is Cn1cnc(CNc2cc(Cl)c(F)cc2[N+](=O)[O-])n1. The van der Waals surface area contributed by atoms with E-state index in [1.165, 1.54) is 11.0 Å². The third kappa shape index (κ3) is 2.97. The van der Waals surface area contributed by atoms with Crippen LogP contribution in [0.3, 0.4) is 0 Å². The van der Waals surface area contributed by atoms with Crippen molar-refractivity contribution >= 4 is 23.0 Å². The van der Waals surface area contributed by atoms with Crippen molar-refractivity contribution in [2.75, 3.05) is 5.32 Å². The molecule has 0 amide bonds. The fraction of sp³-hybridized carbons (Fsp3) is 0.200. The smallest absolute Gasteiger partial charge is 0.295 e. The van der Waals surface area contributed by atoms with E-state index in [1.807, 2.05) is 0 Å². The number of nitrogens with zero attached hydrogens (tertiary/aromatic N) is 4. The van der Waals surface area contributed by atoms with Gasteiger partial charge in [-0.3, -0.25) is 14.8 Å². The molecule has 0 aliphatic rings. The summed E-state index contributed by atoms with van der Waals surface area (Å²) in [5.41, 5.74) is -0.276. The highest BCUT2D eigenvalue weighted by molar-refractivity contribution is 6.31. The first-order valence-corrected chi connectivity index (χ1v) is 5.57. The molecule has 19 heavy (non-hydrogen) atoms. The van der Waals surface area contributed by atoms with Gasteiger partial charge in [-0.1, -0.05) is 11.6 Å². The van der Waals surface area contributed by atoms with Gasteiger partial charge in [0.2, 0.25) is 0 Å². The van der Waals surface area contributed by atoms with Crippen LogP contribution in [-0.4, -0.2) is 19.7 Å². The monoisotopic (exact) mass is 285 g/mol. The zero-order valence-electron chi connectivity index (χ0n) is 9.80. The fourth-order valence-electron chi connectivity index (χ4n) is 1.47. The molecule has 0 saturated carbocycles.